The highest BCUT2D eigenvalue weighted by atomic mass is 16.6. The predicted octanol–water partition coefficient (Wildman–Crippen LogP) is 2.79. The van der Waals surface area contributed by atoms with Crippen LogP contribution in [0, 0.1) is 24.0 Å². The fraction of sp³-hybridized carbons (Fsp3) is 0.167. The zero-order chi connectivity index (χ0) is 13.1. The molecule has 1 aromatic carbocycles. The molecular weight excluding hydrogens is 234 g/mol. The number of rotatable bonds is 3. The lowest BCUT2D eigenvalue weighted by Crippen LogP contribution is -1.95. The smallest absolute Gasteiger partial charge is 0.322 e. The summed E-state index contributed by atoms with van der Waals surface area (Å²) in [5.74, 6) is 0.634. The van der Waals surface area contributed by atoms with Gasteiger partial charge >= 0.3 is 11.7 Å². The van der Waals surface area contributed by atoms with Gasteiger partial charge in [0.1, 0.15) is 18.1 Å². The SMILES string of the molecule is Cc1ccc(Oc2ncc([N+](=O)[O-])cn2)c(C)c1. The summed E-state index contributed by atoms with van der Waals surface area (Å²) >= 11 is 0. The number of nitro groups is 1. The van der Waals surface area contributed by atoms with Crippen LogP contribution in [0.3, 0.4) is 0 Å². The highest BCUT2D eigenvalue weighted by Crippen LogP contribution is 2.23. The molecule has 6 heteroatoms. The van der Waals surface area contributed by atoms with Crippen molar-refractivity contribution in [3.05, 3.63) is 51.8 Å². The van der Waals surface area contributed by atoms with E-state index < -0.39 is 4.92 Å². The van der Waals surface area contributed by atoms with Gasteiger partial charge in [-0.05, 0) is 25.5 Å². The number of hydrogen-bond acceptors (Lipinski definition) is 5. The van der Waals surface area contributed by atoms with Crippen LogP contribution in [-0.2, 0) is 0 Å². The van der Waals surface area contributed by atoms with E-state index in [4.69, 9.17) is 4.74 Å². The Kier molecular flexibility index (Phi) is 3.18. The molecule has 0 saturated heterocycles. The molecule has 0 aliphatic heterocycles. The summed E-state index contributed by atoms with van der Waals surface area (Å²) in [4.78, 5) is 17.5. The molecule has 92 valence electrons. The van der Waals surface area contributed by atoms with Crippen LogP contribution in [0.1, 0.15) is 11.1 Å². The first kappa shape index (κ1) is 12.0. The summed E-state index contributed by atoms with van der Waals surface area (Å²) in [6, 6.07) is 5.79. The summed E-state index contributed by atoms with van der Waals surface area (Å²) in [7, 11) is 0. The van der Waals surface area contributed by atoms with Gasteiger partial charge in [-0.25, -0.2) is 0 Å². The van der Waals surface area contributed by atoms with Crippen molar-refractivity contribution in [2.75, 3.05) is 0 Å². The third kappa shape index (κ3) is 2.60. The quantitative estimate of drug-likeness (QED) is 0.613. The number of nitrogens with zero attached hydrogens (tertiary/aromatic N) is 3. The molecule has 0 aliphatic rings. The molecule has 0 aliphatic carbocycles. The number of aryl methyl sites for hydroxylation is 2. The molecule has 0 spiro atoms. The van der Waals surface area contributed by atoms with E-state index in [1.165, 1.54) is 0 Å². The Labute approximate surface area is 103 Å². The van der Waals surface area contributed by atoms with Crippen LogP contribution in [0.15, 0.2) is 30.6 Å². The fourth-order valence-electron chi connectivity index (χ4n) is 1.47. The molecule has 6 nitrogen and oxygen atoms in total. The Morgan fingerprint density at radius 3 is 2.44 bits per heavy atom. The van der Waals surface area contributed by atoms with Gasteiger partial charge in [0.2, 0.25) is 0 Å². The first-order chi connectivity index (χ1) is 8.56. The van der Waals surface area contributed by atoms with Crippen LogP contribution in [0.5, 0.6) is 11.8 Å². The van der Waals surface area contributed by atoms with E-state index in [-0.39, 0.29) is 11.7 Å². The summed E-state index contributed by atoms with van der Waals surface area (Å²) in [5, 5.41) is 10.4. The van der Waals surface area contributed by atoms with Crippen LogP contribution in [0.25, 0.3) is 0 Å². The molecular formula is C12H11N3O3. The second kappa shape index (κ2) is 4.79. The van der Waals surface area contributed by atoms with Crippen LogP contribution >= 0.6 is 0 Å². The van der Waals surface area contributed by atoms with Crippen molar-refractivity contribution in [2.24, 2.45) is 0 Å². The van der Waals surface area contributed by atoms with Gasteiger partial charge in [-0.1, -0.05) is 17.7 Å². The van der Waals surface area contributed by atoms with Gasteiger partial charge in [0.05, 0.1) is 4.92 Å². The lowest BCUT2D eigenvalue weighted by molar-refractivity contribution is -0.385. The lowest BCUT2D eigenvalue weighted by Gasteiger charge is -2.06. The lowest BCUT2D eigenvalue weighted by atomic mass is 10.1. The van der Waals surface area contributed by atoms with Crippen LogP contribution < -0.4 is 4.74 Å². The molecule has 0 unspecified atom stereocenters. The molecule has 1 heterocycles. The molecule has 0 amide bonds. The maximum atomic E-state index is 10.4. The van der Waals surface area contributed by atoms with Crippen LogP contribution in [0.2, 0.25) is 0 Å². The van der Waals surface area contributed by atoms with Crippen molar-refractivity contribution in [3.8, 4) is 11.8 Å². The third-order valence-corrected chi connectivity index (χ3v) is 2.36. The van der Waals surface area contributed by atoms with Crippen molar-refractivity contribution in [3.63, 3.8) is 0 Å². The summed E-state index contributed by atoms with van der Waals surface area (Å²) in [6.45, 7) is 3.90. The van der Waals surface area contributed by atoms with E-state index >= 15 is 0 Å². The maximum absolute atomic E-state index is 10.4. The molecule has 18 heavy (non-hydrogen) atoms. The number of hydrogen-bond donors (Lipinski definition) is 0. The van der Waals surface area contributed by atoms with Gasteiger partial charge in [0.25, 0.3) is 0 Å². The normalized spacial score (nSPS) is 10.1. The first-order valence-corrected chi connectivity index (χ1v) is 5.28. The molecule has 0 radical (unpaired) electrons. The van der Waals surface area contributed by atoms with E-state index in [1.54, 1.807) is 0 Å². The van der Waals surface area contributed by atoms with Crippen molar-refractivity contribution >= 4 is 5.69 Å². The molecule has 0 bridgehead atoms. The van der Waals surface area contributed by atoms with E-state index in [0.717, 1.165) is 23.5 Å². The van der Waals surface area contributed by atoms with Crippen molar-refractivity contribution in [1.29, 1.82) is 0 Å². The monoisotopic (exact) mass is 245 g/mol. The second-order valence-corrected chi connectivity index (χ2v) is 3.85. The van der Waals surface area contributed by atoms with Gasteiger partial charge in [0, 0.05) is 0 Å². The highest BCUT2D eigenvalue weighted by Gasteiger charge is 2.08. The van der Waals surface area contributed by atoms with E-state index in [9.17, 15) is 10.1 Å². The van der Waals surface area contributed by atoms with Crippen molar-refractivity contribution in [1.82, 2.24) is 9.97 Å². The minimum Gasteiger partial charge on any atom is -0.424 e. The number of ether oxygens (including phenoxy) is 1. The molecule has 0 atom stereocenters. The number of benzene rings is 1. The van der Waals surface area contributed by atoms with Crippen LogP contribution in [0.4, 0.5) is 5.69 Å². The first-order valence-electron chi connectivity index (χ1n) is 5.28. The predicted molar refractivity (Wildman–Crippen MR) is 64.7 cm³/mol. The Bertz CT molecular complexity index is 582. The van der Waals surface area contributed by atoms with Crippen LogP contribution in [-0.4, -0.2) is 14.9 Å². The Balaban J connectivity index is 2.21. The van der Waals surface area contributed by atoms with E-state index in [2.05, 4.69) is 9.97 Å². The topological polar surface area (TPSA) is 78.2 Å². The maximum Gasteiger partial charge on any atom is 0.322 e. The highest BCUT2D eigenvalue weighted by molar-refractivity contribution is 5.37. The molecule has 0 saturated carbocycles. The third-order valence-electron chi connectivity index (χ3n) is 2.36. The van der Waals surface area contributed by atoms with E-state index in [1.807, 2.05) is 32.0 Å². The van der Waals surface area contributed by atoms with Gasteiger partial charge in [-0.15, -0.1) is 0 Å². The minimum atomic E-state index is -0.555. The van der Waals surface area contributed by atoms with E-state index in [0.29, 0.717) is 5.75 Å². The number of aromatic nitrogens is 2. The molecule has 2 aromatic rings. The molecule has 1 aromatic heterocycles. The average molecular weight is 245 g/mol. The zero-order valence-electron chi connectivity index (χ0n) is 9.95. The Morgan fingerprint density at radius 2 is 1.89 bits per heavy atom. The molecule has 2 rings (SSSR count). The zero-order valence-corrected chi connectivity index (χ0v) is 9.95. The largest absolute Gasteiger partial charge is 0.424 e. The minimum absolute atomic E-state index is 0.0903. The Morgan fingerprint density at radius 1 is 1.22 bits per heavy atom. The average Bonchev–Trinajstić information content (AvgIpc) is 2.33. The Hall–Kier alpha value is -2.50. The summed E-state index contributed by atoms with van der Waals surface area (Å²) < 4.78 is 5.45. The molecule has 0 fully saturated rings. The summed E-state index contributed by atoms with van der Waals surface area (Å²) in [5.41, 5.74) is 1.92. The molecule has 0 N–H and O–H groups in total. The van der Waals surface area contributed by atoms with Crippen molar-refractivity contribution < 1.29 is 9.66 Å². The fourth-order valence-corrected chi connectivity index (χ4v) is 1.47. The standard InChI is InChI=1S/C12H11N3O3/c1-8-3-4-11(9(2)5-8)18-12-13-6-10(7-14-12)15(16)17/h3-7H,1-2H3. The van der Waals surface area contributed by atoms with Gasteiger partial charge in [-0.3, -0.25) is 10.1 Å². The van der Waals surface area contributed by atoms with Gasteiger partial charge < -0.3 is 4.74 Å². The van der Waals surface area contributed by atoms with Gasteiger partial charge in [0.15, 0.2) is 0 Å². The van der Waals surface area contributed by atoms with Gasteiger partial charge in [-0.2, -0.15) is 9.97 Å². The summed E-state index contributed by atoms with van der Waals surface area (Å²) in [6.07, 6.45) is 2.23. The second-order valence-electron chi connectivity index (χ2n) is 3.85. The van der Waals surface area contributed by atoms with Crippen molar-refractivity contribution in [2.45, 2.75) is 13.8 Å².